The summed E-state index contributed by atoms with van der Waals surface area (Å²) in [5, 5.41) is 16.3. The number of nitrogens with one attached hydrogen (secondary N) is 3. The number of aryl methyl sites for hydroxylation is 2. The second kappa shape index (κ2) is 10.9. The molecule has 0 amide bonds. The number of carboxylic acids is 1. The lowest BCUT2D eigenvalue weighted by atomic mass is 9.87. The van der Waals surface area contributed by atoms with E-state index in [1.165, 1.54) is 11.6 Å². The first-order valence-corrected chi connectivity index (χ1v) is 13.5. The highest BCUT2D eigenvalue weighted by Gasteiger charge is 2.26. The van der Waals surface area contributed by atoms with Crippen molar-refractivity contribution in [3.05, 3.63) is 89.0 Å². The summed E-state index contributed by atoms with van der Waals surface area (Å²) in [5.74, 6) is -1.16. The normalized spacial score (nSPS) is 12.9. The molecule has 4 N–H and O–H groups in total. The number of allylic oxidation sites excluding steroid dienone is 2. The molecule has 0 spiro atoms. The van der Waals surface area contributed by atoms with Crippen molar-refractivity contribution in [3.8, 4) is 0 Å². The van der Waals surface area contributed by atoms with Crippen LogP contribution in [0.15, 0.2) is 71.6 Å². The summed E-state index contributed by atoms with van der Waals surface area (Å²) in [5.41, 5.74) is 5.13. The van der Waals surface area contributed by atoms with Gasteiger partial charge in [-0.1, -0.05) is 36.4 Å². The van der Waals surface area contributed by atoms with Gasteiger partial charge in [0, 0.05) is 19.3 Å². The van der Waals surface area contributed by atoms with E-state index < -0.39 is 16.0 Å². The number of aromatic carboxylic acids is 1. The van der Waals surface area contributed by atoms with Crippen LogP contribution in [0.4, 0.5) is 17.1 Å². The number of carbonyl (C=O) groups is 1. The second-order valence-electron chi connectivity index (χ2n) is 8.84. The van der Waals surface area contributed by atoms with Gasteiger partial charge in [-0.15, -0.1) is 0 Å². The number of hydrogen-bond acceptors (Lipinski definition) is 5. The molecule has 0 aromatic heterocycles. The number of benzene rings is 3. The molecule has 1 aliphatic carbocycles. The van der Waals surface area contributed by atoms with Crippen LogP contribution in [0.1, 0.15) is 46.8 Å². The zero-order valence-corrected chi connectivity index (χ0v) is 21.3. The van der Waals surface area contributed by atoms with E-state index in [1.54, 1.807) is 24.3 Å². The molecule has 7 nitrogen and oxygen atoms in total. The Kier molecular flexibility index (Phi) is 7.64. The van der Waals surface area contributed by atoms with Gasteiger partial charge in [0.25, 0.3) is 10.0 Å². The molecular formula is C28H31N3O4S. The maximum absolute atomic E-state index is 13.4. The molecule has 1 aliphatic rings. The van der Waals surface area contributed by atoms with E-state index >= 15 is 0 Å². The Hall–Kier alpha value is -3.78. The Balaban J connectivity index is 1.53. The van der Waals surface area contributed by atoms with Gasteiger partial charge in [-0.05, 0) is 85.2 Å². The third kappa shape index (κ3) is 5.54. The maximum Gasteiger partial charge on any atom is 0.338 e. The van der Waals surface area contributed by atoms with Crippen LogP contribution in [0.3, 0.4) is 0 Å². The molecule has 0 heterocycles. The fourth-order valence-corrected chi connectivity index (χ4v) is 5.86. The summed E-state index contributed by atoms with van der Waals surface area (Å²) in [6, 6.07) is 18.2. The summed E-state index contributed by atoms with van der Waals surface area (Å²) in [6.45, 7) is 2.44. The number of carboxylic acid groups (broad SMARTS) is 1. The number of hydrogen-bond donors (Lipinski definition) is 4. The van der Waals surface area contributed by atoms with Gasteiger partial charge >= 0.3 is 5.97 Å². The molecule has 0 atom stereocenters. The zero-order chi connectivity index (χ0) is 25.7. The standard InChI is InChI=1S/C28H31N3O4S/c1-19-8-5-11-21-15-16-24(27(26(19)21)28(32)33)31-36(34,35)25-14-4-3-13-23(25)30-17-7-10-20-9-6-12-22(18-20)29-2/h3-4,6,8-9,12-16,18,29-31H,5,7,10-11,17H2,1-2H3,(H,32,33). The summed E-state index contributed by atoms with van der Waals surface area (Å²) in [4.78, 5) is 12.3. The molecule has 0 unspecified atom stereocenters. The van der Waals surface area contributed by atoms with Gasteiger partial charge in [-0.2, -0.15) is 0 Å². The molecule has 0 fully saturated rings. The predicted molar refractivity (Wildman–Crippen MR) is 145 cm³/mol. The van der Waals surface area contributed by atoms with Crippen LogP contribution in [0, 0.1) is 0 Å². The molecule has 8 heteroatoms. The Morgan fingerprint density at radius 2 is 1.83 bits per heavy atom. The van der Waals surface area contributed by atoms with Crippen LogP contribution in [0.2, 0.25) is 0 Å². The van der Waals surface area contributed by atoms with Crippen LogP contribution < -0.4 is 15.4 Å². The highest BCUT2D eigenvalue weighted by atomic mass is 32.2. The molecule has 4 rings (SSSR count). The van der Waals surface area contributed by atoms with Gasteiger partial charge in [0.2, 0.25) is 0 Å². The van der Waals surface area contributed by atoms with Gasteiger partial charge in [0.15, 0.2) is 0 Å². The smallest absolute Gasteiger partial charge is 0.338 e. The van der Waals surface area contributed by atoms with Crippen LogP contribution in [-0.2, 0) is 22.9 Å². The van der Waals surface area contributed by atoms with Crippen molar-refractivity contribution < 1.29 is 18.3 Å². The Morgan fingerprint density at radius 1 is 1.03 bits per heavy atom. The average Bonchev–Trinajstić information content (AvgIpc) is 2.87. The number of sulfonamides is 1. The zero-order valence-electron chi connectivity index (χ0n) is 20.5. The van der Waals surface area contributed by atoms with Gasteiger partial charge in [0.1, 0.15) is 4.90 Å². The molecule has 36 heavy (non-hydrogen) atoms. The highest BCUT2D eigenvalue weighted by Crippen LogP contribution is 2.35. The average molecular weight is 506 g/mol. The summed E-state index contributed by atoms with van der Waals surface area (Å²) < 4.78 is 29.4. The Bertz CT molecular complexity index is 1410. The quantitative estimate of drug-likeness (QED) is 0.266. The van der Waals surface area contributed by atoms with Gasteiger partial charge in [-0.3, -0.25) is 4.72 Å². The summed E-state index contributed by atoms with van der Waals surface area (Å²) in [6.07, 6.45) is 5.21. The van der Waals surface area contributed by atoms with E-state index in [-0.39, 0.29) is 16.1 Å². The fourth-order valence-electron chi connectivity index (χ4n) is 4.60. The first-order valence-electron chi connectivity index (χ1n) is 12.0. The number of fused-ring (bicyclic) bond motifs is 1. The Labute approximate surface area is 212 Å². The Morgan fingerprint density at radius 3 is 2.61 bits per heavy atom. The lowest BCUT2D eigenvalue weighted by Gasteiger charge is -2.21. The summed E-state index contributed by atoms with van der Waals surface area (Å²) >= 11 is 0. The van der Waals surface area contributed by atoms with E-state index in [2.05, 4.69) is 27.5 Å². The minimum Gasteiger partial charge on any atom is -0.478 e. The van der Waals surface area contributed by atoms with E-state index in [1.807, 2.05) is 38.2 Å². The molecule has 0 bridgehead atoms. The minimum absolute atomic E-state index is 0.0150. The number of anilines is 3. The van der Waals surface area contributed by atoms with E-state index in [0.717, 1.165) is 42.5 Å². The minimum atomic E-state index is -4.05. The summed E-state index contributed by atoms with van der Waals surface area (Å²) in [7, 11) is -2.16. The van der Waals surface area contributed by atoms with Crippen molar-refractivity contribution in [3.63, 3.8) is 0 Å². The van der Waals surface area contributed by atoms with Crippen molar-refractivity contribution in [1.82, 2.24) is 0 Å². The lowest BCUT2D eigenvalue weighted by Crippen LogP contribution is -2.19. The molecule has 188 valence electrons. The SMILES string of the molecule is CNc1cccc(CCCNc2ccccc2S(=O)(=O)Nc2ccc3c(c2C(=O)O)C(C)=CCC3)c1. The predicted octanol–water partition coefficient (Wildman–Crippen LogP) is 5.62. The van der Waals surface area contributed by atoms with Crippen molar-refractivity contribution in [2.75, 3.05) is 28.9 Å². The number of rotatable bonds is 10. The highest BCUT2D eigenvalue weighted by molar-refractivity contribution is 7.92. The second-order valence-corrected chi connectivity index (χ2v) is 10.5. The molecule has 0 radical (unpaired) electrons. The maximum atomic E-state index is 13.4. The molecule has 0 saturated carbocycles. The van der Waals surface area contributed by atoms with E-state index in [9.17, 15) is 18.3 Å². The van der Waals surface area contributed by atoms with Gasteiger partial charge in [-0.25, -0.2) is 13.2 Å². The van der Waals surface area contributed by atoms with Crippen LogP contribution >= 0.6 is 0 Å². The molecule has 0 aliphatic heterocycles. The monoisotopic (exact) mass is 505 g/mol. The van der Waals surface area contributed by atoms with E-state index in [0.29, 0.717) is 17.8 Å². The number of para-hydroxylation sites is 1. The molecule has 0 saturated heterocycles. The lowest BCUT2D eigenvalue weighted by molar-refractivity contribution is 0.0697. The molecule has 3 aromatic carbocycles. The first kappa shape index (κ1) is 25.3. The van der Waals surface area contributed by atoms with Crippen molar-refractivity contribution in [2.24, 2.45) is 0 Å². The van der Waals surface area contributed by atoms with Crippen LogP contribution in [-0.4, -0.2) is 33.1 Å². The molecular weight excluding hydrogens is 474 g/mol. The van der Waals surface area contributed by atoms with Crippen molar-refractivity contribution in [2.45, 2.75) is 37.5 Å². The van der Waals surface area contributed by atoms with Crippen molar-refractivity contribution >= 4 is 38.6 Å². The molecule has 3 aromatic rings. The largest absolute Gasteiger partial charge is 0.478 e. The fraction of sp³-hybridized carbons (Fsp3) is 0.250. The third-order valence-corrected chi connectivity index (χ3v) is 7.78. The first-order chi connectivity index (χ1) is 17.3. The topological polar surface area (TPSA) is 108 Å². The van der Waals surface area contributed by atoms with Crippen LogP contribution in [0.25, 0.3) is 5.57 Å². The van der Waals surface area contributed by atoms with Crippen molar-refractivity contribution in [1.29, 1.82) is 0 Å². The van der Waals surface area contributed by atoms with E-state index in [4.69, 9.17) is 0 Å². The third-order valence-electron chi connectivity index (χ3n) is 6.36. The van der Waals surface area contributed by atoms with Gasteiger partial charge < -0.3 is 15.7 Å². The van der Waals surface area contributed by atoms with Gasteiger partial charge in [0.05, 0.1) is 16.9 Å². The van der Waals surface area contributed by atoms with Crippen LogP contribution in [0.5, 0.6) is 0 Å².